The fourth-order valence-electron chi connectivity index (χ4n) is 1.49. The van der Waals surface area contributed by atoms with Gasteiger partial charge in [-0.15, -0.1) is 11.8 Å². The zero-order chi connectivity index (χ0) is 11.1. The molecule has 0 saturated carbocycles. The van der Waals surface area contributed by atoms with Crippen LogP contribution in [-0.2, 0) is 0 Å². The summed E-state index contributed by atoms with van der Waals surface area (Å²) in [5, 5.41) is 0. The van der Waals surface area contributed by atoms with E-state index in [1.807, 2.05) is 11.8 Å². The first-order valence-electron chi connectivity index (χ1n) is 5.73. The van der Waals surface area contributed by atoms with Gasteiger partial charge in [-0.25, -0.2) is 0 Å². The average molecular weight is 223 g/mol. The molecular weight excluding hydrogens is 202 g/mol. The van der Waals surface area contributed by atoms with Crippen molar-refractivity contribution in [3.63, 3.8) is 0 Å². The molecule has 0 saturated heterocycles. The minimum Gasteiger partial charge on any atom is -0.398 e. The van der Waals surface area contributed by atoms with Crippen LogP contribution in [-0.4, -0.2) is 5.75 Å². The third kappa shape index (κ3) is 4.17. The molecule has 0 aliphatic carbocycles. The van der Waals surface area contributed by atoms with E-state index in [0.717, 1.165) is 5.69 Å². The highest BCUT2D eigenvalue weighted by atomic mass is 32.2. The topological polar surface area (TPSA) is 26.0 Å². The molecule has 1 aromatic rings. The van der Waals surface area contributed by atoms with Crippen LogP contribution in [0.25, 0.3) is 0 Å². The highest BCUT2D eigenvalue weighted by Crippen LogP contribution is 2.28. The summed E-state index contributed by atoms with van der Waals surface area (Å²) in [4.78, 5) is 1.24. The van der Waals surface area contributed by atoms with Crippen LogP contribution >= 0.6 is 11.8 Å². The number of aryl methyl sites for hydroxylation is 1. The molecule has 0 bridgehead atoms. The van der Waals surface area contributed by atoms with Crippen molar-refractivity contribution < 1.29 is 0 Å². The normalized spacial score (nSPS) is 10.5. The zero-order valence-electron chi connectivity index (χ0n) is 9.75. The van der Waals surface area contributed by atoms with Crippen molar-refractivity contribution >= 4 is 17.4 Å². The van der Waals surface area contributed by atoms with Crippen molar-refractivity contribution in [2.75, 3.05) is 11.5 Å². The van der Waals surface area contributed by atoms with Crippen LogP contribution in [0.1, 0.15) is 38.2 Å². The van der Waals surface area contributed by atoms with Crippen molar-refractivity contribution in [3.8, 4) is 0 Å². The monoisotopic (exact) mass is 223 g/mol. The first-order valence-corrected chi connectivity index (χ1v) is 6.72. The van der Waals surface area contributed by atoms with Crippen LogP contribution in [0.2, 0.25) is 0 Å². The van der Waals surface area contributed by atoms with Crippen LogP contribution in [0.4, 0.5) is 5.69 Å². The molecule has 0 radical (unpaired) electrons. The number of anilines is 1. The largest absolute Gasteiger partial charge is 0.398 e. The maximum Gasteiger partial charge on any atom is 0.0481 e. The lowest BCUT2D eigenvalue weighted by Gasteiger charge is -2.07. The number of unbranched alkanes of at least 4 members (excludes halogenated alkanes) is 3. The molecule has 2 heteroatoms. The number of hydrogen-bond acceptors (Lipinski definition) is 2. The summed E-state index contributed by atoms with van der Waals surface area (Å²) in [6.45, 7) is 4.31. The fraction of sp³-hybridized carbons (Fsp3) is 0.538. The molecule has 0 aliphatic rings. The number of hydrogen-bond donors (Lipinski definition) is 1. The third-order valence-electron chi connectivity index (χ3n) is 2.54. The summed E-state index contributed by atoms with van der Waals surface area (Å²) in [5.74, 6) is 1.19. The maximum absolute atomic E-state index is 6.00. The first kappa shape index (κ1) is 12.4. The van der Waals surface area contributed by atoms with E-state index in [1.54, 1.807) is 0 Å². The van der Waals surface area contributed by atoms with E-state index in [1.165, 1.54) is 41.9 Å². The van der Waals surface area contributed by atoms with Gasteiger partial charge in [0, 0.05) is 10.6 Å². The van der Waals surface area contributed by atoms with Crippen molar-refractivity contribution in [1.29, 1.82) is 0 Å². The molecule has 1 aromatic carbocycles. The number of thioether (sulfide) groups is 1. The third-order valence-corrected chi connectivity index (χ3v) is 3.70. The molecule has 0 spiro atoms. The van der Waals surface area contributed by atoms with Gasteiger partial charge in [0.15, 0.2) is 0 Å². The van der Waals surface area contributed by atoms with E-state index in [4.69, 9.17) is 5.73 Å². The summed E-state index contributed by atoms with van der Waals surface area (Å²) >= 11 is 1.89. The smallest absolute Gasteiger partial charge is 0.0481 e. The van der Waals surface area contributed by atoms with Crippen LogP contribution < -0.4 is 5.73 Å². The Labute approximate surface area is 97.4 Å². The quantitative estimate of drug-likeness (QED) is 0.443. The number of nitrogen functional groups attached to an aromatic ring is 1. The van der Waals surface area contributed by atoms with Crippen molar-refractivity contribution in [2.24, 2.45) is 0 Å². The summed E-state index contributed by atoms with van der Waals surface area (Å²) in [5.41, 5.74) is 8.15. The molecule has 15 heavy (non-hydrogen) atoms. The maximum atomic E-state index is 6.00. The Hall–Kier alpha value is -0.630. The molecule has 0 fully saturated rings. The Bertz CT molecular complexity index is 297. The van der Waals surface area contributed by atoms with E-state index < -0.39 is 0 Å². The van der Waals surface area contributed by atoms with Gasteiger partial charge in [-0.3, -0.25) is 0 Å². The number of rotatable bonds is 6. The zero-order valence-corrected chi connectivity index (χ0v) is 10.6. The minimum absolute atomic E-state index is 0.956. The predicted octanol–water partition coefficient (Wildman–Crippen LogP) is 4.25. The molecule has 0 atom stereocenters. The Kier molecular flexibility index (Phi) is 5.62. The van der Waals surface area contributed by atoms with Gasteiger partial charge in [0.25, 0.3) is 0 Å². The Morgan fingerprint density at radius 1 is 1.20 bits per heavy atom. The molecule has 0 unspecified atom stereocenters. The van der Waals surface area contributed by atoms with Crippen molar-refractivity contribution in [1.82, 2.24) is 0 Å². The van der Waals surface area contributed by atoms with Gasteiger partial charge in [0.2, 0.25) is 0 Å². The van der Waals surface area contributed by atoms with Gasteiger partial charge in [-0.1, -0.05) is 38.3 Å². The van der Waals surface area contributed by atoms with Crippen LogP contribution in [0, 0.1) is 6.92 Å². The first-order chi connectivity index (χ1) is 7.25. The lowest BCUT2D eigenvalue weighted by atomic mass is 10.2. The molecule has 1 nitrogen and oxygen atoms in total. The Balaban J connectivity index is 2.34. The molecule has 0 aromatic heterocycles. The Morgan fingerprint density at radius 3 is 2.73 bits per heavy atom. The SMILES string of the molecule is CCCCCCSc1cccc(C)c1N. The average Bonchev–Trinajstić information content (AvgIpc) is 2.24. The molecule has 84 valence electrons. The van der Waals surface area contributed by atoms with Gasteiger partial charge in [0.1, 0.15) is 0 Å². The second-order valence-electron chi connectivity index (χ2n) is 3.90. The van der Waals surface area contributed by atoms with E-state index in [9.17, 15) is 0 Å². The highest BCUT2D eigenvalue weighted by Gasteiger charge is 2.01. The minimum atomic E-state index is 0.956. The van der Waals surface area contributed by atoms with E-state index in [0.29, 0.717) is 0 Å². The Morgan fingerprint density at radius 2 is 2.00 bits per heavy atom. The molecular formula is C13H21NS. The van der Waals surface area contributed by atoms with E-state index in [-0.39, 0.29) is 0 Å². The highest BCUT2D eigenvalue weighted by molar-refractivity contribution is 7.99. The number of para-hydroxylation sites is 1. The summed E-state index contributed by atoms with van der Waals surface area (Å²) in [6, 6.07) is 6.27. The van der Waals surface area contributed by atoms with Gasteiger partial charge in [0.05, 0.1) is 0 Å². The summed E-state index contributed by atoms with van der Waals surface area (Å²) in [7, 11) is 0. The molecule has 0 amide bonds. The molecule has 2 N–H and O–H groups in total. The second kappa shape index (κ2) is 6.78. The van der Waals surface area contributed by atoms with E-state index in [2.05, 4.69) is 32.0 Å². The van der Waals surface area contributed by atoms with Crippen LogP contribution in [0.3, 0.4) is 0 Å². The van der Waals surface area contributed by atoms with Gasteiger partial charge in [-0.2, -0.15) is 0 Å². The lowest BCUT2D eigenvalue weighted by Crippen LogP contribution is -1.92. The van der Waals surface area contributed by atoms with Crippen LogP contribution in [0.5, 0.6) is 0 Å². The number of benzene rings is 1. The van der Waals surface area contributed by atoms with E-state index >= 15 is 0 Å². The molecule has 0 heterocycles. The van der Waals surface area contributed by atoms with Gasteiger partial charge >= 0.3 is 0 Å². The molecule has 0 aliphatic heterocycles. The van der Waals surface area contributed by atoms with Gasteiger partial charge in [-0.05, 0) is 30.7 Å². The van der Waals surface area contributed by atoms with Gasteiger partial charge < -0.3 is 5.73 Å². The summed E-state index contributed by atoms with van der Waals surface area (Å²) < 4.78 is 0. The second-order valence-corrected chi connectivity index (χ2v) is 5.03. The summed E-state index contributed by atoms with van der Waals surface area (Å²) in [6.07, 6.45) is 5.29. The van der Waals surface area contributed by atoms with Crippen molar-refractivity contribution in [2.45, 2.75) is 44.4 Å². The lowest BCUT2D eigenvalue weighted by molar-refractivity contribution is 0.706. The van der Waals surface area contributed by atoms with Crippen molar-refractivity contribution in [3.05, 3.63) is 23.8 Å². The predicted molar refractivity (Wildman–Crippen MR) is 70.5 cm³/mol. The fourth-order valence-corrected chi connectivity index (χ4v) is 2.55. The van der Waals surface area contributed by atoms with Crippen LogP contribution in [0.15, 0.2) is 23.1 Å². The molecule has 1 rings (SSSR count). The standard InChI is InChI=1S/C13H21NS/c1-3-4-5-6-10-15-12-9-7-8-11(2)13(12)14/h7-9H,3-6,10,14H2,1-2H3. The number of nitrogens with two attached hydrogens (primary N) is 1.